The summed E-state index contributed by atoms with van der Waals surface area (Å²) in [4.78, 5) is 38.5. The fourth-order valence-corrected chi connectivity index (χ4v) is 5.38. The van der Waals surface area contributed by atoms with Crippen LogP contribution < -0.4 is 16.0 Å². The number of nitrogens with zero attached hydrogens (tertiary/aromatic N) is 1. The summed E-state index contributed by atoms with van der Waals surface area (Å²) in [5, 5.41) is 9.71. The molecule has 1 aliphatic carbocycles. The summed E-state index contributed by atoms with van der Waals surface area (Å²) in [6.07, 6.45) is 5.49. The van der Waals surface area contributed by atoms with Gasteiger partial charge in [-0.15, -0.1) is 0 Å². The summed E-state index contributed by atoms with van der Waals surface area (Å²) in [5.41, 5.74) is 2.84. The second kappa shape index (κ2) is 6.67. The molecule has 1 aromatic rings. The minimum atomic E-state index is -0.560. The minimum absolute atomic E-state index is 0.0922. The Hall–Kier alpha value is -2.25. The molecule has 0 aromatic heterocycles. The highest BCUT2D eigenvalue weighted by Gasteiger charge is 2.43. The normalized spacial score (nSPS) is 31.9. The molecule has 1 aromatic carbocycles. The highest BCUT2D eigenvalue weighted by Crippen LogP contribution is 2.34. The van der Waals surface area contributed by atoms with E-state index < -0.39 is 6.04 Å². The number of hydrogen-bond acceptors (Lipinski definition) is 5. The molecular formula is C21H26N4O3. The summed E-state index contributed by atoms with van der Waals surface area (Å²) in [5.74, 6) is -0.711. The van der Waals surface area contributed by atoms with Crippen LogP contribution in [0.15, 0.2) is 18.2 Å². The molecule has 3 atom stereocenters. The lowest BCUT2D eigenvalue weighted by Crippen LogP contribution is -2.52. The molecule has 2 bridgehead atoms. The molecule has 4 aliphatic rings. The van der Waals surface area contributed by atoms with Gasteiger partial charge in [-0.3, -0.25) is 19.7 Å². The number of hydrogen-bond donors (Lipinski definition) is 3. The highest BCUT2D eigenvalue weighted by atomic mass is 16.2. The van der Waals surface area contributed by atoms with E-state index in [1.54, 1.807) is 4.90 Å². The number of fused-ring (bicyclic) bond motifs is 3. The van der Waals surface area contributed by atoms with E-state index in [-0.39, 0.29) is 29.7 Å². The summed E-state index contributed by atoms with van der Waals surface area (Å²) >= 11 is 0. The summed E-state index contributed by atoms with van der Waals surface area (Å²) in [6.45, 7) is 2.08. The molecular weight excluding hydrogens is 356 g/mol. The molecule has 7 nitrogen and oxygen atoms in total. The average Bonchev–Trinajstić information content (AvgIpc) is 3.17. The summed E-state index contributed by atoms with van der Waals surface area (Å²) in [6, 6.07) is 6.03. The number of nitrogens with one attached hydrogen (secondary N) is 3. The van der Waals surface area contributed by atoms with Crippen LogP contribution in [0.25, 0.3) is 0 Å². The fraction of sp³-hybridized carbons (Fsp3) is 0.571. The van der Waals surface area contributed by atoms with Gasteiger partial charge in [0.1, 0.15) is 6.04 Å². The van der Waals surface area contributed by atoms with Crippen molar-refractivity contribution in [1.29, 1.82) is 0 Å². The third kappa shape index (κ3) is 2.93. The smallest absolute Gasteiger partial charge is 0.255 e. The summed E-state index contributed by atoms with van der Waals surface area (Å²) in [7, 11) is 0. The van der Waals surface area contributed by atoms with Crippen LogP contribution >= 0.6 is 0 Å². The van der Waals surface area contributed by atoms with Crippen LogP contribution in [0.5, 0.6) is 0 Å². The quantitative estimate of drug-likeness (QED) is 0.671. The van der Waals surface area contributed by atoms with Gasteiger partial charge < -0.3 is 15.5 Å². The van der Waals surface area contributed by atoms with Crippen molar-refractivity contribution >= 4 is 17.7 Å². The van der Waals surface area contributed by atoms with Crippen molar-refractivity contribution in [2.75, 3.05) is 6.54 Å². The molecule has 0 spiro atoms. The monoisotopic (exact) mass is 382 g/mol. The van der Waals surface area contributed by atoms with Crippen LogP contribution in [0.1, 0.15) is 60.0 Å². The highest BCUT2D eigenvalue weighted by molar-refractivity contribution is 6.05. The van der Waals surface area contributed by atoms with Gasteiger partial charge in [-0.05, 0) is 36.8 Å². The van der Waals surface area contributed by atoms with Crippen LogP contribution in [0.4, 0.5) is 0 Å². The molecule has 1 saturated carbocycles. The lowest BCUT2D eigenvalue weighted by atomic mass is 9.83. The van der Waals surface area contributed by atoms with E-state index in [0.29, 0.717) is 25.6 Å². The number of amides is 3. The van der Waals surface area contributed by atoms with E-state index >= 15 is 0 Å². The minimum Gasteiger partial charge on any atom is -0.322 e. The molecule has 3 aliphatic heterocycles. The van der Waals surface area contributed by atoms with Crippen molar-refractivity contribution in [3.05, 3.63) is 34.9 Å². The van der Waals surface area contributed by atoms with Crippen LogP contribution in [-0.2, 0) is 22.7 Å². The van der Waals surface area contributed by atoms with Gasteiger partial charge in [0, 0.05) is 43.2 Å². The van der Waals surface area contributed by atoms with Crippen molar-refractivity contribution in [3.63, 3.8) is 0 Å². The zero-order valence-corrected chi connectivity index (χ0v) is 15.9. The van der Waals surface area contributed by atoms with Gasteiger partial charge in [0.25, 0.3) is 5.91 Å². The van der Waals surface area contributed by atoms with E-state index in [4.69, 9.17) is 0 Å². The molecule has 3 unspecified atom stereocenters. The van der Waals surface area contributed by atoms with E-state index in [0.717, 1.165) is 29.7 Å². The largest absolute Gasteiger partial charge is 0.322 e. The van der Waals surface area contributed by atoms with E-state index in [1.807, 2.05) is 18.2 Å². The number of carbonyl (C=O) groups is 3. The molecule has 28 heavy (non-hydrogen) atoms. The third-order valence-corrected chi connectivity index (χ3v) is 6.87. The second-order valence-corrected chi connectivity index (χ2v) is 8.66. The van der Waals surface area contributed by atoms with Gasteiger partial charge in [-0.1, -0.05) is 24.6 Å². The standard InChI is InChI=1S/C21H26N4O3/c26-17-7-6-16(19(27)24-17)25-11-14-4-1-3-13(18(14)20(25)28)10-23-21-8-2-5-15(9-21)22-12-21/h1,3-4,15-16,22-23H,2,5-12H2,(H,24,26,27). The first kappa shape index (κ1) is 17.8. The molecule has 2 saturated heterocycles. The molecule has 148 valence electrons. The zero-order chi connectivity index (χ0) is 19.3. The Morgan fingerprint density at radius 2 is 2.11 bits per heavy atom. The Kier molecular flexibility index (Phi) is 4.25. The van der Waals surface area contributed by atoms with E-state index in [1.165, 1.54) is 19.3 Å². The van der Waals surface area contributed by atoms with Gasteiger partial charge >= 0.3 is 0 Å². The van der Waals surface area contributed by atoms with Crippen LogP contribution in [-0.4, -0.2) is 46.8 Å². The second-order valence-electron chi connectivity index (χ2n) is 8.66. The zero-order valence-electron chi connectivity index (χ0n) is 15.9. The van der Waals surface area contributed by atoms with Crippen LogP contribution in [0.2, 0.25) is 0 Å². The van der Waals surface area contributed by atoms with Crippen molar-refractivity contribution in [2.45, 2.75) is 69.2 Å². The van der Waals surface area contributed by atoms with Gasteiger partial charge in [0.15, 0.2) is 0 Å². The maximum atomic E-state index is 13.2. The van der Waals surface area contributed by atoms with Gasteiger partial charge in [-0.2, -0.15) is 0 Å². The first-order valence-corrected chi connectivity index (χ1v) is 10.3. The third-order valence-electron chi connectivity index (χ3n) is 6.87. The van der Waals surface area contributed by atoms with E-state index in [2.05, 4.69) is 16.0 Å². The first-order valence-electron chi connectivity index (χ1n) is 10.3. The Balaban J connectivity index is 1.34. The predicted molar refractivity (Wildman–Crippen MR) is 102 cm³/mol. The van der Waals surface area contributed by atoms with Crippen molar-refractivity contribution in [1.82, 2.24) is 20.9 Å². The average molecular weight is 382 g/mol. The van der Waals surface area contributed by atoms with Crippen molar-refractivity contribution in [2.24, 2.45) is 0 Å². The lowest BCUT2D eigenvalue weighted by molar-refractivity contribution is -0.136. The maximum Gasteiger partial charge on any atom is 0.255 e. The van der Waals surface area contributed by atoms with Crippen LogP contribution in [0, 0.1) is 0 Å². The van der Waals surface area contributed by atoms with Gasteiger partial charge in [0.05, 0.1) is 0 Å². The molecule has 3 heterocycles. The summed E-state index contributed by atoms with van der Waals surface area (Å²) < 4.78 is 0. The number of carbonyl (C=O) groups excluding carboxylic acids is 3. The maximum absolute atomic E-state index is 13.2. The molecule has 5 rings (SSSR count). The fourth-order valence-electron chi connectivity index (χ4n) is 5.38. The molecule has 3 fully saturated rings. The van der Waals surface area contributed by atoms with Gasteiger partial charge in [0.2, 0.25) is 11.8 Å². The number of rotatable bonds is 4. The Labute approximate surface area is 164 Å². The van der Waals surface area contributed by atoms with Gasteiger partial charge in [-0.25, -0.2) is 0 Å². The first-order chi connectivity index (χ1) is 13.5. The Morgan fingerprint density at radius 3 is 2.96 bits per heavy atom. The molecule has 0 radical (unpaired) electrons. The predicted octanol–water partition coefficient (Wildman–Crippen LogP) is 0.822. The molecule has 3 N–H and O–H groups in total. The van der Waals surface area contributed by atoms with E-state index in [9.17, 15) is 14.4 Å². The number of benzene rings is 1. The Bertz CT molecular complexity index is 850. The van der Waals surface area contributed by atoms with Crippen molar-refractivity contribution < 1.29 is 14.4 Å². The number of piperidine rings is 1. The Morgan fingerprint density at radius 1 is 1.21 bits per heavy atom. The topological polar surface area (TPSA) is 90.5 Å². The van der Waals surface area contributed by atoms with Crippen molar-refractivity contribution in [3.8, 4) is 0 Å². The molecule has 7 heteroatoms. The lowest BCUT2D eigenvalue weighted by Gasteiger charge is -2.33. The van der Waals surface area contributed by atoms with Crippen LogP contribution in [0.3, 0.4) is 0 Å². The number of imide groups is 1. The molecule has 3 amide bonds. The SMILES string of the molecule is O=C1CCC(N2Cc3cccc(CNC45CCCC(C4)NC5)c3C2=O)C(=O)N1.